The van der Waals surface area contributed by atoms with Gasteiger partial charge < -0.3 is 0 Å². The Morgan fingerprint density at radius 3 is 1.22 bits per heavy atom. The number of benzene rings is 1. The van der Waals surface area contributed by atoms with E-state index in [4.69, 9.17) is 0 Å². The Morgan fingerprint density at radius 1 is 0.478 bits per heavy atom. The molecule has 0 bridgehead atoms. The van der Waals surface area contributed by atoms with E-state index in [1.807, 2.05) is 22.7 Å². The molecule has 0 saturated heterocycles. The molecule has 0 fully saturated rings. The molecule has 0 unspecified atom stereocenters. The van der Waals surface area contributed by atoms with Crippen molar-refractivity contribution in [3.63, 3.8) is 0 Å². The van der Waals surface area contributed by atoms with E-state index in [-0.39, 0.29) is 0 Å². The fraction of sp³-hybridized carbons (Fsp3) is 0.550. The molecule has 46 heavy (non-hydrogen) atoms. The van der Waals surface area contributed by atoms with Crippen LogP contribution in [0.25, 0.3) is 41.1 Å². The summed E-state index contributed by atoms with van der Waals surface area (Å²) in [5.41, 5.74) is 6.22. The molecule has 0 spiro atoms. The molecular formula is C40H58S4Sn2. The third kappa shape index (κ3) is 9.27. The van der Waals surface area contributed by atoms with Crippen molar-refractivity contribution in [1.82, 2.24) is 0 Å². The van der Waals surface area contributed by atoms with Crippen molar-refractivity contribution in [3.8, 4) is 20.9 Å². The number of hydrogen-bond acceptors (Lipinski definition) is 4. The zero-order chi connectivity index (χ0) is 32.9. The molecule has 0 atom stereocenters. The topological polar surface area (TPSA) is 0 Å². The summed E-state index contributed by atoms with van der Waals surface area (Å²) in [6.45, 7) is 4.62. The standard InChI is InChI=1S/C34H40S4.6CH3.2Sn/c1-3-5-7-9-11-13-15-25-21-29(37-23-25)31-27-17-19-36-34(27)32(28-18-20-35-33(28)31)30-22-26(24-38-30)16-14-12-10-8-6-4-2;;;;;;;;/h17-18,21-24H,3-16H2,1-2H3;6*1H3;;. The van der Waals surface area contributed by atoms with Gasteiger partial charge in [-0.15, -0.1) is 0 Å². The second-order valence-electron chi connectivity index (χ2n) is 15.6. The summed E-state index contributed by atoms with van der Waals surface area (Å²) >= 11 is 3.74. The van der Waals surface area contributed by atoms with Gasteiger partial charge in [-0.25, -0.2) is 0 Å². The molecular weight excluding hydrogens is 846 g/mol. The Morgan fingerprint density at radius 2 is 0.848 bits per heavy atom. The van der Waals surface area contributed by atoms with Gasteiger partial charge in [0.05, 0.1) is 0 Å². The third-order valence-electron chi connectivity index (χ3n) is 9.37. The molecule has 5 aromatic rings. The summed E-state index contributed by atoms with van der Waals surface area (Å²) in [4.78, 5) is 18.6. The van der Waals surface area contributed by atoms with Gasteiger partial charge >= 0.3 is 269 Å². The van der Waals surface area contributed by atoms with Crippen molar-refractivity contribution in [2.24, 2.45) is 0 Å². The van der Waals surface area contributed by atoms with Crippen LogP contribution >= 0.6 is 45.3 Å². The molecule has 0 amide bonds. The molecule has 4 aromatic heterocycles. The molecule has 6 heteroatoms. The van der Waals surface area contributed by atoms with E-state index in [2.05, 4.69) is 101 Å². The number of unbranched alkanes of at least 4 members (excludes halogenated alkanes) is 10. The van der Waals surface area contributed by atoms with Crippen LogP contribution in [-0.4, -0.2) is 36.8 Å². The van der Waals surface area contributed by atoms with Gasteiger partial charge in [0.15, 0.2) is 0 Å². The molecule has 5 rings (SSSR count). The van der Waals surface area contributed by atoms with E-state index in [1.165, 1.54) is 99.6 Å². The summed E-state index contributed by atoms with van der Waals surface area (Å²) < 4.78 is 6.56. The number of hydrogen-bond donors (Lipinski definition) is 0. The van der Waals surface area contributed by atoms with E-state index >= 15 is 0 Å². The monoisotopic (exact) mass is 906 g/mol. The Balaban J connectivity index is 1.57. The first-order valence-corrected chi connectivity index (χ1v) is 41.6. The van der Waals surface area contributed by atoms with Crippen molar-refractivity contribution >= 4 is 108 Å². The van der Waals surface area contributed by atoms with Gasteiger partial charge in [-0.2, -0.15) is 0 Å². The quantitative estimate of drug-likeness (QED) is 0.0607. The molecule has 0 aliphatic rings. The van der Waals surface area contributed by atoms with Crippen molar-refractivity contribution in [2.45, 2.75) is 133 Å². The minimum absolute atomic E-state index is 1.23. The first-order valence-electron chi connectivity index (χ1n) is 18.2. The number of thiophene rings is 4. The van der Waals surface area contributed by atoms with Crippen LogP contribution in [0.5, 0.6) is 0 Å². The fourth-order valence-corrected chi connectivity index (χ4v) is 21.5. The maximum atomic E-state index is 2.67. The molecule has 0 N–H and O–H groups in total. The number of aryl methyl sites for hydroxylation is 2. The zero-order valence-corrected chi connectivity index (χ0v) is 39.0. The Labute approximate surface area is 305 Å². The van der Waals surface area contributed by atoms with Crippen molar-refractivity contribution in [3.05, 3.63) is 46.2 Å². The van der Waals surface area contributed by atoms with Crippen LogP contribution in [0.3, 0.4) is 0 Å². The van der Waals surface area contributed by atoms with E-state index in [0.29, 0.717) is 0 Å². The second kappa shape index (κ2) is 16.9. The second-order valence-corrected chi connectivity index (χ2v) is 50.4. The van der Waals surface area contributed by atoms with Gasteiger partial charge in [0, 0.05) is 0 Å². The molecule has 0 aliphatic carbocycles. The van der Waals surface area contributed by atoms with Gasteiger partial charge in [0.2, 0.25) is 0 Å². The minimum atomic E-state index is -2.30. The van der Waals surface area contributed by atoms with Crippen LogP contribution in [0, 0.1) is 0 Å². The Bertz CT molecular complexity index is 1520. The summed E-state index contributed by atoms with van der Waals surface area (Å²) in [6, 6.07) is 10.5. The zero-order valence-electron chi connectivity index (χ0n) is 30.0. The maximum absolute atomic E-state index is 2.67. The molecule has 1 aromatic carbocycles. The van der Waals surface area contributed by atoms with Crippen LogP contribution in [-0.2, 0) is 12.8 Å². The molecule has 0 saturated carbocycles. The summed E-state index contributed by atoms with van der Waals surface area (Å²) in [5.74, 6) is 0. The van der Waals surface area contributed by atoms with Crippen LogP contribution < -0.4 is 5.79 Å². The van der Waals surface area contributed by atoms with Crippen molar-refractivity contribution in [2.75, 3.05) is 0 Å². The normalized spacial score (nSPS) is 12.7. The Hall–Kier alpha value is 0.137. The SMILES string of the molecule is CCCCCCCCc1csc(-c2c3c[c]([Sn]([CH3])([CH3])[CH3])sc3c(-c3cc(CCCCCCCC)cs3)c3c[c]([Sn]([CH3])([CH3])[CH3])sc23)c1. The average Bonchev–Trinajstić information content (AvgIpc) is 3.81. The summed E-state index contributed by atoms with van der Waals surface area (Å²) in [5, 5.41) is 8.05. The van der Waals surface area contributed by atoms with Gasteiger partial charge in [0.25, 0.3) is 0 Å². The number of rotatable bonds is 18. The predicted octanol–water partition coefficient (Wildman–Crippen LogP) is 14.5. The van der Waals surface area contributed by atoms with Crippen LogP contribution in [0.2, 0.25) is 29.6 Å². The van der Waals surface area contributed by atoms with E-state index < -0.39 is 36.8 Å². The van der Waals surface area contributed by atoms with Crippen LogP contribution in [0.1, 0.15) is 102 Å². The first-order chi connectivity index (χ1) is 22.0. The summed E-state index contributed by atoms with van der Waals surface area (Å²) in [7, 11) is 0. The number of fused-ring (bicyclic) bond motifs is 2. The van der Waals surface area contributed by atoms with E-state index in [0.717, 1.165) is 0 Å². The van der Waals surface area contributed by atoms with E-state index in [1.54, 1.807) is 48.2 Å². The predicted molar refractivity (Wildman–Crippen MR) is 224 cm³/mol. The van der Waals surface area contributed by atoms with E-state index in [9.17, 15) is 0 Å². The Kier molecular flexibility index (Phi) is 13.7. The molecule has 250 valence electrons. The molecule has 0 aliphatic heterocycles. The fourth-order valence-electron chi connectivity index (χ4n) is 6.49. The van der Waals surface area contributed by atoms with Crippen molar-refractivity contribution in [1.29, 1.82) is 0 Å². The molecule has 4 heterocycles. The molecule has 0 radical (unpaired) electrons. The van der Waals surface area contributed by atoms with Crippen molar-refractivity contribution < 1.29 is 0 Å². The van der Waals surface area contributed by atoms with Crippen LogP contribution in [0.15, 0.2) is 35.0 Å². The van der Waals surface area contributed by atoms with Gasteiger partial charge in [0.1, 0.15) is 0 Å². The first kappa shape index (κ1) is 37.4. The summed E-state index contributed by atoms with van der Waals surface area (Å²) in [6.07, 6.45) is 18.9. The average molecular weight is 905 g/mol. The molecule has 0 nitrogen and oxygen atoms in total. The van der Waals surface area contributed by atoms with Gasteiger partial charge in [-0.05, 0) is 0 Å². The van der Waals surface area contributed by atoms with Crippen LogP contribution in [0.4, 0.5) is 0 Å². The van der Waals surface area contributed by atoms with Gasteiger partial charge in [-0.3, -0.25) is 0 Å². The third-order valence-corrected chi connectivity index (χ3v) is 32.5. The van der Waals surface area contributed by atoms with Gasteiger partial charge in [-0.1, -0.05) is 39.5 Å².